The van der Waals surface area contributed by atoms with Crippen molar-refractivity contribution in [3.63, 3.8) is 0 Å². The van der Waals surface area contributed by atoms with Crippen LogP contribution in [-0.4, -0.2) is 34.2 Å². The largest absolute Gasteiger partial charge is 0.332 e. The molecule has 0 radical (unpaired) electrons. The van der Waals surface area contributed by atoms with Gasteiger partial charge in [0.15, 0.2) is 0 Å². The smallest absolute Gasteiger partial charge is 0.242 e. The minimum atomic E-state index is -0.292. The molecular weight excluding hydrogens is 399 g/mol. The van der Waals surface area contributed by atoms with E-state index >= 15 is 0 Å². The van der Waals surface area contributed by atoms with Gasteiger partial charge in [-0.25, -0.2) is 4.39 Å². The molecular formula is C24H31FN2O2S. The van der Waals surface area contributed by atoms with Crippen molar-refractivity contribution in [1.82, 2.24) is 9.80 Å². The van der Waals surface area contributed by atoms with Crippen molar-refractivity contribution in [3.05, 3.63) is 57.5 Å². The van der Waals surface area contributed by atoms with Crippen LogP contribution in [0.1, 0.15) is 54.8 Å². The zero-order valence-corrected chi connectivity index (χ0v) is 18.9. The van der Waals surface area contributed by atoms with Gasteiger partial charge in [0, 0.05) is 28.3 Å². The quantitative estimate of drug-likeness (QED) is 0.552. The number of amides is 2. The highest BCUT2D eigenvalue weighted by Gasteiger charge is 2.33. The Bertz CT molecular complexity index is 860. The van der Waals surface area contributed by atoms with Gasteiger partial charge >= 0.3 is 0 Å². The van der Waals surface area contributed by atoms with Gasteiger partial charge in [0.05, 0.1) is 6.54 Å². The van der Waals surface area contributed by atoms with Crippen LogP contribution in [0.4, 0.5) is 4.39 Å². The van der Waals surface area contributed by atoms with Crippen molar-refractivity contribution in [2.75, 3.05) is 6.54 Å². The number of halogens is 1. The van der Waals surface area contributed by atoms with E-state index in [0.29, 0.717) is 13.1 Å². The van der Waals surface area contributed by atoms with Crippen molar-refractivity contribution in [2.24, 2.45) is 5.92 Å². The fourth-order valence-corrected chi connectivity index (χ4v) is 4.51. The van der Waals surface area contributed by atoms with Crippen molar-refractivity contribution in [1.29, 1.82) is 0 Å². The van der Waals surface area contributed by atoms with Crippen LogP contribution in [0.5, 0.6) is 0 Å². The zero-order valence-electron chi connectivity index (χ0n) is 18.1. The SMILES string of the molecule is CC[C@H](C)N(CC(=O)N(Cc1ccc(F)cc1)Cc1ccc(C)s1)C(=O)C1CCC1. The highest BCUT2D eigenvalue weighted by Crippen LogP contribution is 2.29. The topological polar surface area (TPSA) is 40.6 Å². The molecule has 1 aliphatic rings. The number of benzene rings is 1. The van der Waals surface area contributed by atoms with Crippen LogP contribution in [0.15, 0.2) is 36.4 Å². The summed E-state index contributed by atoms with van der Waals surface area (Å²) in [5.41, 5.74) is 0.874. The Morgan fingerprint density at radius 2 is 1.83 bits per heavy atom. The minimum absolute atomic E-state index is 0.0266. The number of hydrogen-bond donors (Lipinski definition) is 0. The number of aryl methyl sites for hydroxylation is 1. The third-order valence-corrected chi connectivity index (χ3v) is 6.93. The summed E-state index contributed by atoms with van der Waals surface area (Å²) in [7, 11) is 0. The van der Waals surface area contributed by atoms with Crippen LogP contribution in [0.3, 0.4) is 0 Å². The maximum absolute atomic E-state index is 13.4. The molecule has 4 nitrogen and oxygen atoms in total. The first kappa shape index (κ1) is 22.5. The molecule has 1 fully saturated rings. The van der Waals surface area contributed by atoms with Crippen molar-refractivity contribution >= 4 is 23.2 Å². The molecule has 0 spiro atoms. The van der Waals surface area contributed by atoms with Crippen molar-refractivity contribution in [2.45, 2.75) is 65.6 Å². The molecule has 2 aromatic rings. The van der Waals surface area contributed by atoms with Crippen LogP contribution in [0.25, 0.3) is 0 Å². The summed E-state index contributed by atoms with van der Waals surface area (Å²) in [5.74, 6) is -0.187. The fourth-order valence-electron chi connectivity index (χ4n) is 3.61. The van der Waals surface area contributed by atoms with E-state index in [-0.39, 0.29) is 36.1 Å². The molecule has 1 atom stereocenters. The highest BCUT2D eigenvalue weighted by atomic mass is 32.1. The number of thiophene rings is 1. The summed E-state index contributed by atoms with van der Waals surface area (Å²) < 4.78 is 13.3. The van der Waals surface area contributed by atoms with Gasteiger partial charge < -0.3 is 9.80 Å². The predicted octanol–water partition coefficient (Wildman–Crippen LogP) is 5.15. The Hall–Kier alpha value is -2.21. The number of carbonyl (C=O) groups is 2. The average Bonchev–Trinajstić information content (AvgIpc) is 3.09. The lowest BCUT2D eigenvalue weighted by atomic mass is 9.84. The van der Waals surface area contributed by atoms with Gasteiger partial charge in [-0.3, -0.25) is 9.59 Å². The Balaban J connectivity index is 1.77. The number of hydrogen-bond acceptors (Lipinski definition) is 3. The molecule has 2 amide bonds. The summed E-state index contributed by atoms with van der Waals surface area (Å²) in [4.78, 5) is 32.2. The van der Waals surface area contributed by atoms with Crippen molar-refractivity contribution in [3.8, 4) is 0 Å². The molecule has 1 saturated carbocycles. The predicted molar refractivity (Wildman–Crippen MR) is 119 cm³/mol. The van der Waals surface area contributed by atoms with Gasteiger partial charge in [0.1, 0.15) is 12.4 Å². The molecule has 1 aliphatic carbocycles. The summed E-state index contributed by atoms with van der Waals surface area (Å²) in [6.45, 7) is 7.07. The third kappa shape index (κ3) is 5.69. The molecule has 0 unspecified atom stereocenters. The van der Waals surface area contributed by atoms with E-state index in [0.717, 1.165) is 36.1 Å². The van der Waals surface area contributed by atoms with Gasteiger partial charge in [-0.05, 0) is 62.9 Å². The molecule has 1 heterocycles. The van der Waals surface area contributed by atoms with E-state index in [2.05, 4.69) is 0 Å². The first-order valence-corrected chi connectivity index (χ1v) is 11.6. The Kier molecular flexibility index (Phi) is 7.64. The van der Waals surface area contributed by atoms with Crippen LogP contribution in [0, 0.1) is 18.7 Å². The maximum Gasteiger partial charge on any atom is 0.242 e. The zero-order chi connectivity index (χ0) is 21.7. The summed E-state index contributed by atoms with van der Waals surface area (Å²) in [6, 6.07) is 10.4. The minimum Gasteiger partial charge on any atom is -0.332 e. The first-order chi connectivity index (χ1) is 14.4. The molecule has 3 rings (SSSR count). The van der Waals surface area contributed by atoms with E-state index in [1.807, 2.05) is 32.9 Å². The lowest BCUT2D eigenvalue weighted by Gasteiger charge is -2.36. The van der Waals surface area contributed by atoms with Crippen LogP contribution in [0.2, 0.25) is 0 Å². The highest BCUT2D eigenvalue weighted by molar-refractivity contribution is 7.11. The third-order valence-electron chi connectivity index (χ3n) is 5.95. The molecule has 162 valence electrons. The Morgan fingerprint density at radius 3 is 2.37 bits per heavy atom. The lowest BCUT2D eigenvalue weighted by molar-refractivity contribution is -0.147. The van der Waals surface area contributed by atoms with Gasteiger partial charge in [-0.1, -0.05) is 25.5 Å². The molecule has 0 saturated heterocycles. The second-order valence-corrected chi connectivity index (χ2v) is 9.61. The molecule has 1 aromatic heterocycles. The van der Waals surface area contributed by atoms with Gasteiger partial charge in [-0.2, -0.15) is 0 Å². The van der Waals surface area contributed by atoms with Crippen molar-refractivity contribution < 1.29 is 14.0 Å². The molecule has 6 heteroatoms. The molecule has 0 bridgehead atoms. The van der Waals surface area contributed by atoms with E-state index in [4.69, 9.17) is 0 Å². The van der Waals surface area contributed by atoms with E-state index < -0.39 is 0 Å². The molecule has 0 N–H and O–H groups in total. The maximum atomic E-state index is 13.4. The van der Waals surface area contributed by atoms with Crippen LogP contribution < -0.4 is 0 Å². The second-order valence-electron chi connectivity index (χ2n) is 8.24. The number of carbonyl (C=O) groups excluding carboxylic acids is 2. The van der Waals surface area contributed by atoms with E-state index in [9.17, 15) is 14.0 Å². The Morgan fingerprint density at radius 1 is 1.13 bits per heavy atom. The Labute approximate surface area is 182 Å². The van der Waals surface area contributed by atoms with Gasteiger partial charge in [0.25, 0.3) is 0 Å². The fraction of sp³-hybridized carbons (Fsp3) is 0.500. The summed E-state index contributed by atoms with van der Waals surface area (Å²) in [6.07, 6.45) is 3.75. The monoisotopic (exact) mass is 430 g/mol. The van der Waals surface area contributed by atoms with Crippen LogP contribution in [-0.2, 0) is 22.7 Å². The normalized spacial score (nSPS) is 14.8. The van der Waals surface area contributed by atoms with E-state index in [1.165, 1.54) is 17.0 Å². The molecule has 30 heavy (non-hydrogen) atoms. The molecule has 0 aliphatic heterocycles. The number of nitrogens with zero attached hydrogens (tertiary/aromatic N) is 2. The first-order valence-electron chi connectivity index (χ1n) is 10.8. The van der Waals surface area contributed by atoms with Crippen LogP contribution >= 0.6 is 11.3 Å². The summed E-state index contributed by atoms with van der Waals surface area (Å²) in [5, 5.41) is 0. The standard InChI is InChI=1S/C24H31FN2O2S/c1-4-17(2)27(24(29)20-6-5-7-20)16-23(28)26(15-22-13-8-18(3)30-22)14-19-9-11-21(25)12-10-19/h8-13,17,20H,4-7,14-16H2,1-3H3/t17-/m0/s1. The molecule has 1 aromatic carbocycles. The van der Waals surface area contributed by atoms with Gasteiger partial charge in [0.2, 0.25) is 11.8 Å². The van der Waals surface area contributed by atoms with Gasteiger partial charge in [-0.15, -0.1) is 11.3 Å². The lowest BCUT2D eigenvalue weighted by Crippen LogP contribution is -2.49. The van der Waals surface area contributed by atoms with E-state index in [1.54, 1.807) is 33.3 Å². The second kappa shape index (κ2) is 10.2. The summed E-state index contributed by atoms with van der Waals surface area (Å²) >= 11 is 1.67. The number of rotatable bonds is 9. The average molecular weight is 431 g/mol.